The summed E-state index contributed by atoms with van der Waals surface area (Å²) in [5.74, 6) is -2.87. The van der Waals surface area contributed by atoms with Crippen LogP contribution in [0.5, 0.6) is 0 Å². The van der Waals surface area contributed by atoms with Gasteiger partial charge in [-0.3, -0.25) is 19.3 Å². The van der Waals surface area contributed by atoms with Crippen molar-refractivity contribution in [2.75, 3.05) is 4.90 Å². The Hall–Kier alpha value is -3.25. The average molecular weight is 437 g/mol. The number of rotatable bonds is 4. The minimum Gasteiger partial charge on any atom is -0.364 e. The summed E-state index contributed by atoms with van der Waals surface area (Å²) in [6.07, 6.45) is 1.47. The van der Waals surface area contributed by atoms with Gasteiger partial charge >= 0.3 is 0 Å². The summed E-state index contributed by atoms with van der Waals surface area (Å²) in [7, 11) is 0. The number of nitrogens with zero attached hydrogens (tertiary/aromatic N) is 2. The van der Waals surface area contributed by atoms with Crippen LogP contribution in [0.3, 0.4) is 0 Å². The van der Waals surface area contributed by atoms with E-state index in [9.17, 15) is 14.4 Å². The molecule has 1 amide bonds. The first-order valence-corrected chi connectivity index (χ1v) is 10.2. The molecule has 1 aromatic heterocycles. The lowest BCUT2D eigenvalue weighted by Gasteiger charge is -2.30. The molecule has 0 N–H and O–H groups in total. The second kappa shape index (κ2) is 7.78. The molecule has 1 aliphatic heterocycles. The van der Waals surface area contributed by atoms with Gasteiger partial charge in [-0.15, -0.1) is 0 Å². The summed E-state index contributed by atoms with van der Waals surface area (Å²) < 4.78 is 4.88. The number of halogens is 1. The van der Waals surface area contributed by atoms with Gasteiger partial charge in [-0.1, -0.05) is 67.9 Å². The van der Waals surface area contributed by atoms with Crippen LogP contribution in [0, 0.1) is 11.3 Å². The van der Waals surface area contributed by atoms with Crippen molar-refractivity contribution in [2.24, 2.45) is 11.3 Å². The molecule has 0 aliphatic carbocycles. The van der Waals surface area contributed by atoms with E-state index in [-0.39, 0.29) is 5.78 Å². The molecule has 4 rings (SSSR count). The first-order valence-electron chi connectivity index (χ1n) is 9.87. The summed E-state index contributed by atoms with van der Waals surface area (Å²) in [5.41, 5.74) is 1.71. The smallest absolute Gasteiger partial charge is 0.295 e. The Kier molecular flexibility index (Phi) is 5.27. The molecule has 7 heteroatoms. The fraction of sp³-hybridized carbons (Fsp3) is 0.250. The van der Waals surface area contributed by atoms with Gasteiger partial charge in [-0.05, 0) is 23.8 Å². The molecule has 0 radical (unpaired) electrons. The first-order chi connectivity index (χ1) is 14.7. The van der Waals surface area contributed by atoms with Crippen LogP contribution in [0.2, 0.25) is 5.02 Å². The molecule has 2 unspecified atom stereocenters. The highest BCUT2D eigenvalue weighted by molar-refractivity contribution is 6.48. The van der Waals surface area contributed by atoms with Gasteiger partial charge in [0.05, 0.1) is 6.04 Å². The number of anilines is 1. The molecule has 31 heavy (non-hydrogen) atoms. The van der Waals surface area contributed by atoms with Gasteiger partial charge in [0.25, 0.3) is 5.91 Å². The molecule has 2 aromatic carbocycles. The van der Waals surface area contributed by atoms with Crippen LogP contribution in [-0.4, -0.2) is 22.6 Å². The zero-order chi connectivity index (χ0) is 22.3. The molecule has 0 saturated carbocycles. The molecule has 0 bridgehead atoms. The predicted molar refractivity (Wildman–Crippen MR) is 117 cm³/mol. The van der Waals surface area contributed by atoms with Crippen LogP contribution in [0.1, 0.15) is 32.4 Å². The molecule has 2 atom stereocenters. The lowest BCUT2D eigenvalue weighted by atomic mass is 9.77. The standard InChI is InChI=1S/C24H21ClN2O4/c1-24(2,3)22(29)19-20(16-6-4-5-7-17(16)25)27(23(30)21(19)28)15-10-8-14(9-11-15)18-12-13-31-26-18/h4-13,19-20H,1-3H3. The Balaban J connectivity index is 1.83. The van der Waals surface area contributed by atoms with Gasteiger partial charge in [0.15, 0.2) is 5.78 Å². The number of aromatic nitrogens is 1. The van der Waals surface area contributed by atoms with Crippen molar-refractivity contribution in [3.05, 3.63) is 71.4 Å². The molecular weight excluding hydrogens is 416 g/mol. The summed E-state index contributed by atoms with van der Waals surface area (Å²) >= 11 is 6.45. The van der Waals surface area contributed by atoms with Crippen molar-refractivity contribution in [3.8, 4) is 11.3 Å². The highest BCUT2D eigenvalue weighted by Gasteiger charge is 2.54. The zero-order valence-electron chi connectivity index (χ0n) is 17.3. The number of benzene rings is 2. The Morgan fingerprint density at radius 2 is 1.71 bits per heavy atom. The fourth-order valence-electron chi connectivity index (χ4n) is 3.87. The van der Waals surface area contributed by atoms with E-state index in [0.717, 1.165) is 5.56 Å². The van der Waals surface area contributed by atoms with Crippen LogP contribution in [0.15, 0.2) is 65.4 Å². The van der Waals surface area contributed by atoms with Gasteiger partial charge in [-0.25, -0.2) is 0 Å². The maximum Gasteiger partial charge on any atom is 0.295 e. The largest absolute Gasteiger partial charge is 0.364 e. The second-order valence-electron chi connectivity index (χ2n) is 8.53. The maximum absolute atomic E-state index is 13.2. The van der Waals surface area contributed by atoms with Crippen LogP contribution < -0.4 is 4.90 Å². The van der Waals surface area contributed by atoms with Crippen LogP contribution in [0.4, 0.5) is 5.69 Å². The summed E-state index contributed by atoms with van der Waals surface area (Å²) in [5, 5.41) is 4.30. The molecular formula is C24H21ClN2O4. The summed E-state index contributed by atoms with van der Waals surface area (Å²) in [4.78, 5) is 40.8. The number of carbonyl (C=O) groups excluding carboxylic acids is 3. The Morgan fingerprint density at radius 3 is 2.29 bits per heavy atom. The highest BCUT2D eigenvalue weighted by atomic mass is 35.5. The molecule has 3 aromatic rings. The zero-order valence-corrected chi connectivity index (χ0v) is 18.1. The number of Topliss-reactive ketones (excluding diaryl/α,β-unsaturated/α-hetero) is 2. The number of amides is 1. The summed E-state index contributed by atoms with van der Waals surface area (Å²) in [6.45, 7) is 5.23. The number of hydrogen-bond acceptors (Lipinski definition) is 5. The SMILES string of the molecule is CC(C)(C)C(=O)C1C(=O)C(=O)N(c2ccc(-c3ccon3)cc2)C1c1ccccc1Cl. The van der Waals surface area contributed by atoms with E-state index in [1.54, 1.807) is 75.4 Å². The first kappa shape index (κ1) is 21.0. The molecule has 6 nitrogen and oxygen atoms in total. The Bertz CT molecular complexity index is 1150. The van der Waals surface area contributed by atoms with E-state index >= 15 is 0 Å². The third kappa shape index (κ3) is 3.68. The quantitative estimate of drug-likeness (QED) is 0.430. The van der Waals surface area contributed by atoms with Crippen molar-refractivity contribution >= 4 is 34.8 Å². The van der Waals surface area contributed by atoms with E-state index in [2.05, 4.69) is 5.16 Å². The average Bonchev–Trinajstić information content (AvgIpc) is 3.35. The van der Waals surface area contributed by atoms with Crippen LogP contribution >= 0.6 is 11.6 Å². The van der Waals surface area contributed by atoms with Crippen molar-refractivity contribution in [3.63, 3.8) is 0 Å². The monoisotopic (exact) mass is 436 g/mol. The second-order valence-corrected chi connectivity index (χ2v) is 8.94. The number of hydrogen-bond donors (Lipinski definition) is 0. The third-order valence-electron chi connectivity index (χ3n) is 5.43. The van der Waals surface area contributed by atoms with Crippen molar-refractivity contribution in [1.82, 2.24) is 5.16 Å². The van der Waals surface area contributed by atoms with E-state index in [0.29, 0.717) is 22.0 Å². The van der Waals surface area contributed by atoms with Gasteiger partial charge in [0.1, 0.15) is 17.9 Å². The maximum atomic E-state index is 13.2. The van der Waals surface area contributed by atoms with Crippen LogP contribution in [0.25, 0.3) is 11.3 Å². The van der Waals surface area contributed by atoms with Gasteiger partial charge in [0, 0.05) is 27.8 Å². The van der Waals surface area contributed by atoms with E-state index in [1.165, 1.54) is 11.2 Å². The predicted octanol–water partition coefficient (Wildman–Crippen LogP) is 4.88. The van der Waals surface area contributed by atoms with E-state index < -0.39 is 29.1 Å². The molecule has 158 valence electrons. The van der Waals surface area contributed by atoms with Crippen molar-refractivity contribution in [1.29, 1.82) is 0 Å². The van der Waals surface area contributed by atoms with E-state index in [4.69, 9.17) is 16.1 Å². The minimum atomic E-state index is -1.14. The third-order valence-corrected chi connectivity index (χ3v) is 5.77. The van der Waals surface area contributed by atoms with Gasteiger partial charge < -0.3 is 4.52 Å². The lowest BCUT2D eigenvalue weighted by molar-refractivity contribution is -0.141. The summed E-state index contributed by atoms with van der Waals surface area (Å²) in [6, 6.07) is 14.9. The molecule has 1 fully saturated rings. The number of ketones is 2. The highest BCUT2D eigenvalue weighted by Crippen LogP contribution is 2.44. The van der Waals surface area contributed by atoms with Gasteiger partial charge in [-0.2, -0.15) is 0 Å². The molecule has 0 spiro atoms. The topological polar surface area (TPSA) is 80.5 Å². The normalized spacial score (nSPS) is 19.2. The molecule has 2 heterocycles. The Morgan fingerprint density at radius 1 is 1.03 bits per heavy atom. The van der Waals surface area contributed by atoms with Gasteiger partial charge in [0.2, 0.25) is 5.78 Å². The fourth-order valence-corrected chi connectivity index (χ4v) is 4.11. The molecule has 1 aliphatic rings. The number of carbonyl (C=O) groups is 3. The van der Waals surface area contributed by atoms with Crippen LogP contribution in [-0.2, 0) is 14.4 Å². The van der Waals surface area contributed by atoms with E-state index in [1.807, 2.05) is 0 Å². The lowest BCUT2D eigenvalue weighted by Crippen LogP contribution is -2.36. The minimum absolute atomic E-state index is 0.294. The Labute approximate surface area is 184 Å². The molecule has 1 saturated heterocycles. The van der Waals surface area contributed by atoms with Crippen molar-refractivity contribution in [2.45, 2.75) is 26.8 Å². The van der Waals surface area contributed by atoms with Crippen molar-refractivity contribution < 1.29 is 18.9 Å².